The number of pyridine rings is 1. The molecule has 0 spiro atoms. The summed E-state index contributed by atoms with van der Waals surface area (Å²) in [5, 5.41) is 8.74. The Kier molecular flexibility index (Phi) is 3.07. The molecule has 1 aliphatic heterocycles. The molecule has 1 aromatic carbocycles. The lowest BCUT2D eigenvalue weighted by Gasteiger charge is -2.33. The monoisotopic (exact) mass is 254 g/mol. The number of benzene rings is 1. The average molecular weight is 254 g/mol. The third-order valence-electron chi connectivity index (χ3n) is 3.90. The van der Waals surface area contributed by atoms with Crippen molar-refractivity contribution in [2.24, 2.45) is 11.7 Å². The van der Waals surface area contributed by atoms with E-state index in [0.29, 0.717) is 5.84 Å². The number of para-hydroxylation sites is 1. The van der Waals surface area contributed by atoms with Crippen LogP contribution in [0.3, 0.4) is 0 Å². The zero-order valence-corrected chi connectivity index (χ0v) is 10.8. The Bertz CT molecular complexity index is 595. The largest absolute Gasteiger partial charge is 0.387 e. The van der Waals surface area contributed by atoms with Gasteiger partial charge in [0.25, 0.3) is 0 Å². The first-order valence-corrected chi connectivity index (χ1v) is 6.68. The molecule has 2 aromatic rings. The van der Waals surface area contributed by atoms with Crippen molar-refractivity contribution in [1.82, 2.24) is 4.98 Å². The summed E-state index contributed by atoms with van der Waals surface area (Å²) in [6.45, 7) is 1.91. The Morgan fingerprint density at radius 1 is 1.21 bits per heavy atom. The van der Waals surface area contributed by atoms with E-state index in [1.165, 1.54) is 11.1 Å². The van der Waals surface area contributed by atoms with E-state index in [2.05, 4.69) is 28.1 Å². The van der Waals surface area contributed by atoms with Crippen LogP contribution < -0.4 is 10.6 Å². The molecule has 0 unspecified atom stereocenters. The molecule has 0 amide bonds. The molecule has 1 fully saturated rings. The first-order valence-electron chi connectivity index (χ1n) is 6.68. The van der Waals surface area contributed by atoms with Gasteiger partial charge < -0.3 is 10.6 Å². The van der Waals surface area contributed by atoms with Gasteiger partial charge in [0.05, 0.1) is 11.4 Å². The zero-order valence-electron chi connectivity index (χ0n) is 10.8. The van der Waals surface area contributed by atoms with Gasteiger partial charge in [-0.15, -0.1) is 0 Å². The lowest BCUT2D eigenvalue weighted by Crippen LogP contribution is -2.38. The summed E-state index contributed by atoms with van der Waals surface area (Å²) in [7, 11) is 0. The molecule has 1 aromatic heterocycles. The maximum absolute atomic E-state index is 7.54. The summed E-state index contributed by atoms with van der Waals surface area (Å²) in [6, 6.07) is 10.3. The quantitative estimate of drug-likeness (QED) is 0.639. The highest BCUT2D eigenvalue weighted by Crippen LogP contribution is 2.28. The summed E-state index contributed by atoms with van der Waals surface area (Å²) >= 11 is 0. The smallest absolute Gasteiger partial charge is 0.0938 e. The second-order valence-electron chi connectivity index (χ2n) is 5.06. The second-order valence-corrected chi connectivity index (χ2v) is 5.06. The van der Waals surface area contributed by atoms with Crippen molar-refractivity contribution in [1.29, 1.82) is 5.41 Å². The van der Waals surface area contributed by atoms with Crippen LogP contribution >= 0.6 is 0 Å². The minimum Gasteiger partial charge on any atom is -0.387 e. The fourth-order valence-corrected chi connectivity index (χ4v) is 2.79. The van der Waals surface area contributed by atoms with Crippen LogP contribution in [0, 0.1) is 11.3 Å². The molecule has 0 saturated carbocycles. The van der Waals surface area contributed by atoms with Crippen LogP contribution in [-0.2, 0) is 0 Å². The Morgan fingerprint density at radius 2 is 1.95 bits per heavy atom. The Balaban J connectivity index is 1.88. The van der Waals surface area contributed by atoms with E-state index in [1.807, 2.05) is 18.3 Å². The topological polar surface area (TPSA) is 66.0 Å². The summed E-state index contributed by atoms with van der Waals surface area (Å²) in [5.74, 6) is 0.587. The van der Waals surface area contributed by atoms with Gasteiger partial charge in [-0.1, -0.05) is 18.2 Å². The molecule has 2 heterocycles. The van der Waals surface area contributed by atoms with Crippen LogP contribution in [0.4, 0.5) is 5.69 Å². The summed E-state index contributed by atoms with van der Waals surface area (Å²) in [5.41, 5.74) is 7.88. The molecule has 0 aliphatic carbocycles. The highest BCUT2D eigenvalue weighted by atomic mass is 15.1. The van der Waals surface area contributed by atoms with Crippen LogP contribution in [-0.4, -0.2) is 23.9 Å². The second kappa shape index (κ2) is 4.88. The molecule has 4 nitrogen and oxygen atoms in total. The van der Waals surface area contributed by atoms with Crippen molar-refractivity contribution in [3.8, 4) is 0 Å². The number of anilines is 1. The van der Waals surface area contributed by atoms with Gasteiger partial charge in [-0.25, -0.2) is 0 Å². The number of nitrogens with zero attached hydrogens (tertiary/aromatic N) is 2. The molecule has 1 saturated heterocycles. The molecular formula is C15H18N4. The molecule has 0 radical (unpaired) electrons. The van der Waals surface area contributed by atoms with E-state index < -0.39 is 0 Å². The Hall–Kier alpha value is -2.10. The number of nitrogens with one attached hydrogen (secondary N) is 1. The summed E-state index contributed by atoms with van der Waals surface area (Å²) in [6.07, 6.45) is 3.80. The van der Waals surface area contributed by atoms with Gasteiger partial charge in [-0.05, 0) is 25.0 Å². The van der Waals surface area contributed by atoms with Crippen molar-refractivity contribution in [2.75, 3.05) is 18.0 Å². The number of hydrogen-bond acceptors (Lipinski definition) is 3. The minimum absolute atomic E-state index is 0.254. The van der Waals surface area contributed by atoms with Gasteiger partial charge in [-0.2, -0.15) is 0 Å². The van der Waals surface area contributed by atoms with E-state index in [4.69, 9.17) is 11.1 Å². The normalized spacial score (nSPS) is 16.7. The van der Waals surface area contributed by atoms with Crippen LogP contribution in [0.25, 0.3) is 10.9 Å². The predicted octanol–water partition coefficient (Wildman–Crippen LogP) is 2.39. The number of nitrogens with two attached hydrogens (primary N) is 1. The number of rotatable bonds is 2. The van der Waals surface area contributed by atoms with Crippen LogP contribution in [0.5, 0.6) is 0 Å². The van der Waals surface area contributed by atoms with Crippen molar-refractivity contribution in [3.63, 3.8) is 0 Å². The van der Waals surface area contributed by atoms with E-state index in [0.717, 1.165) is 31.4 Å². The lowest BCUT2D eigenvalue weighted by molar-refractivity contribution is 0.498. The van der Waals surface area contributed by atoms with E-state index >= 15 is 0 Å². The molecule has 19 heavy (non-hydrogen) atoms. The van der Waals surface area contributed by atoms with Gasteiger partial charge in [0, 0.05) is 36.3 Å². The first-order chi connectivity index (χ1) is 9.25. The zero-order chi connectivity index (χ0) is 13.2. The molecule has 3 N–H and O–H groups in total. The van der Waals surface area contributed by atoms with Crippen molar-refractivity contribution < 1.29 is 0 Å². The van der Waals surface area contributed by atoms with Gasteiger partial charge in [0.15, 0.2) is 0 Å². The molecule has 4 heteroatoms. The minimum atomic E-state index is 0.254. The Morgan fingerprint density at radius 3 is 2.68 bits per heavy atom. The molecule has 1 aliphatic rings. The fourth-order valence-electron chi connectivity index (χ4n) is 2.79. The fraction of sp³-hybridized carbons (Fsp3) is 0.333. The molecule has 98 valence electrons. The standard InChI is InChI=1S/C15H18N4/c16-15(17)11-6-9-19(10-7-11)14-5-8-18-13-4-2-1-3-12(13)14/h1-5,8,11H,6-7,9-10H2,(H3,16,17). The first kappa shape index (κ1) is 12.0. The van der Waals surface area contributed by atoms with Crippen molar-refractivity contribution in [3.05, 3.63) is 36.5 Å². The SMILES string of the molecule is N=C(N)C1CCN(c2ccnc3ccccc23)CC1. The average Bonchev–Trinajstić information content (AvgIpc) is 2.47. The summed E-state index contributed by atoms with van der Waals surface area (Å²) in [4.78, 5) is 6.78. The van der Waals surface area contributed by atoms with Gasteiger partial charge in [0.2, 0.25) is 0 Å². The molecule has 3 rings (SSSR count). The number of piperidine rings is 1. The van der Waals surface area contributed by atoms with Crippen LogP contribution in [0.1, 0.15) is 12.8 Å². The lowest BCUT2D eigenvalue weighted by atomic mass is 9.95. The molecule has 0 bridgehead atoms. The van der Waals surface area contributed by atoms with E-state index in [-0.39, 0.29) is 5.92 Å². The van der Waals surface area contributed by atoms with Crippen LogP contribution in [0.2, 0.25) is 0 Å². The number of amidine groups is 1. The van der Waals surface area contributed by atoms with E-state index in [1.54, 1.807) is 0 Å². The van der Waals surface area contributed by atoms with Crippen molar-refractivity contribution in [2.45, 2.75) is 12.8 Å². The molecular weight excluding hydrogens is 236 g/mol. The predicted molar refractivity (Wildman–Crippen MR) is 78.6 cm³/mol. The van der Waals surface area contributed by atoms with Gasteiger partial charge in [0.1, 0.15) is 0 Å². The highest BCUT2D eigenvalue weighted by Gasteiger charge is 2.22. The third kappa shape index (κ3) is 2.26. The number of aromatic nitrogens is 1. The summed E-state index contributed by atoms with van der Waals surface area (Å²) < 4.78 is 0. The Labute approximate surface area is 112 Å². The number of hydrogen-bond donors (Lipinski definition) is 2. The van der Waals surface area contributed by atoms with E-state index in [9.17, 15) is 0 Å². The number of fused-ring (bicyclic) bond motifs is 1. The molecule has 0 atom stereocenters. The maximum atomic E-state index is 7.54. The highest BCUT2D eigenvalue weighted by molar-refractivity contribution is 5.91. The van der Waals surface area contributed by atoms with Crippen LogP contribution in [0.15, 0.2) is 36.5 Å². The van der Waals surface area contributed by atoms with Crippen molar-refractivity contribution >= 4 is 22.4 Å². The van der Waals surface area contributed by atoms with Gasteiger partial charge in [-0.3, -0.25) is 10.4 Å². The van der Waals surface area contributed by atoms with Gasteiger partial charge >= 0.3 is 0 Å². The maximum Gasteiger partial charge on any atom is 0.0938 e. The third-order valence-corrected chi connectivity index (χ3v) is 3.90.